The van der Waals surface area contributed by atoms with Gasteiger partial charge in [0.05, 0.1) is 11.8 Å². The van der Waals surface area contributed by atoms with E-state index in [4.69, 9.17) is 4.42 Å². The van der Waals surface area contributed by atoms with Crippen molar-refractivity contribution in [1.82, 2.24) is 9.78 Å². The van der Waals surface area contributed by atoms with Crippen LogP contribution >= 0.6 is 0 Å². The lowest BCUT2D eigenvalue weighted by atomic mass is 10.0. The van der Waals surface area contributed by atoms with Gasteiger partial charge in [-0.05, 0) is 32.8 Å². The highest BCUT2D eigenvalue weighted by Gasteiger charge is 2.18. The molecule has 0 aliphatic rings. The van der Waals surface area contributed by atoms with Gasteiger partial charge in [0.25, 0.3) is 0 Å². The lowest BCUT2D eigenvalue weighted by Crippen LogP contribution is -2.03. The molecule has 0 spiro atoms. The fourth-order valence-corrected chi connectivity index (χ4v) is 2.19. The van der Waals surface area contributed by atoms with Gasteiger partial charge < -0.3 is 4.42 Å². The predicted octanol–water partition coefficient (Wildman–Crippen LogP) is 2.75. The third-order valence-electron chi connectivity index (χ3n) is 3.24. The lowest BCUT2D eigenvalue weighted by molar-refractivity contribution is 0.0981. The smallest absolute Gasteiger partial charge is 0.166 e. The summed E-state index contributed by atoms with van der Waals surface area (Å²) >= 11 is 0. The molecule has 18 heavy (non-hydrogen) atoms. The third-order valence-corrected chi connectivity index (χ3v) is 3.24. The molecule has 2 heterocycles. The molecule has 0 aromatic carbocycles. The average molecular weight is 246 g/mol. The van der Waals surface area contributed by atoms with Crippen molar-refractivity contribution < 1.29 is 9.21 Å². The minimum atomic E-state index is 0.144. The maximum absolute atomic E-state index is 12.2. The molecular weight excluding hydrogens is 228 g/mol. The number of rotatable bonds is 4. The first-order valence-electron chi connectivity index (χ1n) is 6.06. The van der Waals surface area contributed by atoms with E-state index in [1.165, 1.54) is 0 Å². The van der Waals surface area contributed by atoms with E-state index in [0.29, 0.717) is 6.42 Å². The minimum Gasteiger partial charge on any atom is -0.466 e. The number of hydrogen-bond acceptors (Lipinski definition) is 3. The maximum Gasteiger partial charge on any atom is 0.166 e. The summed E-state index contributed by atoms with van der Waals surface area (Å²) in [6, 6.07) is 0. The first-order valence-corrected chi connectivity index (χ1v) is 6.06. The van der Waals surface area contributed by atoms with Crippen LogP contribution in [-0.2, 0) is 13.5 Å². The van der Waals surface area contributed by atoms with Gasteiger partial charge in [-0.1, -0.05) is 0 Å². The molecule has 2 aromatic rings. The number of carbonyl (C=O) groups excluding carboxylic acids is 1. The van der Waals surface area contributed by atoms with Crippen LogP contribution in [0, 0.1) is 20.8 Å². The average Bonchev–Trinajstić information content (AvgIpc) is 2.82. The molecule has 0 N–H and O–H groups in total. The standard InChI is InChI=1S/C14H18N2O2/c1-9-10(2)18-11(3)14(9)13(17)6-5-12-7-15-16(4)8-12/h7-8H,5-6H2,1-4H3. The Bertz CT molecular complexity index is 579. The number of nitrogens with zero attached hydrogens (tertiary/aromatic N) is 2. The zero-order chi connectivity index (χ0) is 13.3. The van der Waals surface area contributed by atoms with Gasteiger partial charge in [-0.25, -0.2) is 0 Å². The Morgan fingerprint density at radius 1 is 1.33 bits per heavy atom. The minimum absolute atomic E-state index is 0.144. The van der Waals surface area contributed by atoms with Crippen molar-refractivity contribution in [2.24, 2.45) is 7.05 Å². The zero-order valence-corrected chi connectivity index (χ0v) is 11.3. The van der Waals surface area contributed by atoms with Crippen LogP contribution in [0.5, 0.6) is 0 Å². The summed E-state index contributed by atoms with van der Waals surface area (Å²) in [6.07, 6.45) is 4.95. The molecule has 4 heteroatoms. The van der Waals surface area contributed by atoms with Crippen LogP contribution < -0.4 is 0 Å². The molecule has 2 aromatic heterocycles. The van der Waals surface area contributed by atoms with Crippen LogP contribution in [0.15, 0.2) is 16.8 Å². The molecule has 96 valence electrons. The summed E-state index contributed by atoms with van der Waals surface area (Å²) in [6.45, 7) is 5.67. The summed E-state index contributed by atoms with van der Waals surface area (Å²) in [5.74, 6) is 1.70. The third kappa shape index (κ3) is 2.37. The van der Waals surface area contributed by atoms with E-state index >= 15 is 0 Å². The highest BCUT2D eigenvalue weighted by Crippen LogP contribution is 2.22. The Morgan fingerprint density at radius 3 is 2.56 bits per heavy atom. The van der Waals surface area contributed by atoms with Gasteiger partial charge in [-0.15, -0.1) is 0 Å². The number of Topliss-reactive ketones (excluding diaryl/α,β-unsaturated/α-hetero) is 1. The van der Waals surface area contributed by atoms with Crippen molar-refractivity contribution in [2.45, 2.75) is 33.6 Å². The van der Waals surface area contributed by atoms with E-state index in [1.54, 1.807) is 10.9 Å². The molecule has 0 unspecified atom stereocenters. The van der Waals surface area contributed by atoms with E-state index in [0.717, 1.165) is 34.6 Å². The van der Waals surface area contributed by atoms with Gasteiger partial charge >= 0.3 is 0 Å². The van der Waals surface area contributed by atoms with Crippen molar-refractivity contribution in [1.29, 1.82) is 0 Å². The maximum atomic E-state index is 12.2. The fraction of sp³-hybridized carbons (Fsp3) is 0.429. The molecule has 0 aliphatic heterocycles. The second-order valence-corrected chi connectivity index (χ2v) is 4.66. The number of hydrogen-bond donors (Lipinski definition) is 0. The first kappa shape index (κ1) is 12.6. The second-order valence-electron chi connectivity index (χ2n) is 4.66. The van der Waals surface area contributed by atoms with Crippen molar-refractivity contribution in [3.8, 4) is 0 Å². The van der Waals surface area contributed by atoms with E-state index < -0.39 is 0 Å². The van der Waals surface area contributed by atoms with Gasteiger partial charge in [0.2, 0.25) is 0 Å². The number of aromatic nitrogens is 2. The van der Waals surface area contributed by atoms with E-state index in [9.17, 15) is 4.79 Å². The Labute approximate surface area is 107 Å². The molecule has 0 radical (unpaired) electrons. The van der Waals surface area contributed by atoms with Gasteiger partial charge in [0, 0.05) is 25.2 Å². The van der Waals surface area contributed by atoms with Crippen molar-refractivity contribution in [2.75, 3.05) is 0 Å². The van der Waals surface area contributed by atoms with E-state index in [2.05, 4.69) is 5.10 Å². The lowest BCUT2D eigenvalue weighted by Gasteiger charge is -2.00. The summed E-state index contributed by atoms with van der Waals surface area (Å²) in [4.78, 5) is 12.2. The molecule has 0 saturated carbocycles. The van der Waals surface area contributed by atoms with Crippen molar-refractivity contribution >= 4 is 5.78 Å². The van der Waals surface area contributed by atoms with Crippen LogP contribution in [0.25, 0.3) is 0 Å². The largest absolute Gasteiger partial charge is 0.466 e. The quantitative estimate of drug-likeness (QED) is 0.779. The van der Waals surface area contributed by atoms with Crippen LogP contribution in [0.4, 0.5) is 0 Å². The van der Waals surface area contributed by atoms with Crippen LogP contribution in [0.1, 0.15) is 39.4 Å². The monoisotopic (exact) mass is 246 g/mol. The normalized spacial score (nSPS) is 10.9. The molecular formula is C14H18N2O2. The molecule has 0 bridgehead atoms. The molecule has 0 aliphatic carbocycles. The van der Waals surface area contributed by atoms with E-state index in [1.807, 2.05) is 34.0 Å². The Morgan fingerprint density at radius 2 is 2.06 bits per heavy atom. The molecule has 0 fully saturated rings. The van der Waals surface area contributed by atoms with E-state index in [-0.39, 0.29) is 5.78 Å². The Balaban J connectivity index is 2.08. The predicted molar refractivity (Wildman–Crippen MR) is 68.8 cm³/mol. The Kier molecular flexibility index (Phi) is 3.36. The topological polar surface area (TPSA) is 48.0 Å². The first-order chi connectivity index (χ1) is 8.49. The van der Waals surface area contributed by atoms with Gasteiger partial charge in [-0.2, -0.15) is 5.10 Å². The van der Waals surface area contributed by atoms with Crippen LogP contribution in [-0.4, -0.2) is 15.6 Å². The molecule has 4 nitrogen and oxygen atoms in total. The number of aryl methyl sites for hydroxylation is 4. The highest BCUT2D eigenvalue weighted by atomic mass is 16.3. The van der Waals surface area contributed by atoms with Gasteiger partial charge in [0.1, 0.15) is 11.5 Å². The zero-order valence-electron chi connectivity index (χ0n) is 11.3. The van der Waals surface area contributed by atoms with Crippen LogP contribution in [0.3, 0.4) is 0 Å². The molecule has 0 saturated heterocycles. The number of carbonyl (C=O) groups is 1. The van der Waals surface area contributed by atoms with Gasteiger partial charge in [-0.3, -0.25) is 9.48 Å². The summed E-state index contributed by atoms with van der Waals surface area (Å²) in [7, 11) is 1.87. The summed E-state index contributed by atoms with van der Waals surface area (Å²) in [5, 5.41) is 4.09. The van der Waals surface area contributed by atoms with Crippen LogP contribution in [0.2, 0.25) is 0 Å². The fourth-order valence-electron chi connectivity index (χ4n) is 2.19. The van der Waals surface area contributed by atoms with Crippen molar-refractivity contribution in [3.63, 3.8) is 0 Å². The summed E-state index contributed by atoms with van der Waals surface area (Å²) < 4.78 is 7.23. The van der Waals surface area contributed by atoms with Crippen molar-refractivity contribution in [3.05, 3.63) is 40.6 Å². The van der Waals surface area contributed by atoms with Gasteiger partial charge in [0.15, 0.2) is 5.78 Å². The number of ketones is 1. The number of furan rings is 1. The molecule has 0 amide bonds. The SMILES string of the molecule is Cc1oc(C)c(C(=O)CCc2cnn(C)c2)c1C. The molecule has 2 rings (SSSR count). The molecule has 0 atom stereocenters. The Hall–Kier alpha value is -1.84. The highest BCUT2D eigenvalue weighted by molar-refractivity contribution is 5.98. The summed E-state index contributed by atoms with van der Waals surface area (Å²) in [5.41, 5.74) is 2.79. The second kappa shape index (κ2) is 4.80.